The van der Waals surface area contributed by atoms with E-state index in [0.29, 0.717) is 19.6 Å². The van der Waals surface area contributed by atoms with Crippen molar-refractivity contribution in [3.8, 4) is 0 Å². The summed E-state index contributed by atoms with van der Waals surface area (Å²) in [6.07, 6.45) is 8.84. The van der Waals surface area contributed by atoms with E-state index < -0.39 is 10.2 Å². The van der Waals surface area contributed by atoms with E-state index in [4.69, 9.17) is 0 Å². The normalized spacial score (nSPS) is 25.7. The lowest BCUT2D eigenvalue weighted by molar-refractivity contribution is 0.230. The van der Waals surface area contributed by atoms with Crippen molar-refractivity contribution in [2.24, 2.45) is 0 Å². The van der Waals surface area contributed by atoms with Crippen LogP contribution in [0.15, 0.2) is 24.4 Å². The van der Waals surface area contributed by atoms with Gasteiger partial charge in [-0.25, -0.2) is 0 Å². The maximum atomic E-state index is 13.1. The predicted molar refractivity (Wildman–Crippen MR) is 86.5 cm³/mol. The third kappa shape index (κ3) is 3.34. The minimum atomic E-state index is -3.38. The zero-order chi connectivity index (χ0) is 15.4. The summed E-state index contributed by atoms with van der Waals surface area (Å²) < 4.78 is 29.6. The zero-order valence-electron chi connectivity index (χ0n) is 13.0. The molecule has 0 aromatic carbocycles. The van der Waals surface area contributed by atoms with Crippen molar-refractivity contribution < 1.29 is 8.42 Å². The van der Waals surface area contributed by atoms with Gasteiger partial charge in [-0.1, -0.05) is 25.3 Å². The molecule has 122 valence electrons. The Labute approximate surface area is 133 Å². The molecule has 6 heteroatoms. The van der Waals surface area contributed by atoms with E-state index in [0.717, 1.165) is 50.6 Å². The summed E-state index contributed by atoms with van der Waals surface area (Å²) in [6.45, 7) is 1.93. The van der Waals surface area contributed by atoms with Crippen LogP contribution in [0.2, 0.25) is 0 Å². The highest BCUT2D eigenvalue weighted by atomic mass is 32.2. The molecule has 2 aliphatic heterocycles. The van der Waals surface area contributed by atoms with Gasteiger partial charge in [-0.05, 0) is 37.8 Å². The summed E-state index contributed by atoms with van der Waals surface area (Å²) in [5, 5.41) is 0. The zero-order valence-corrected chi connectivity index (χ0v) is 13.8. The smallest absolute Gasteiger partial charge is 0.260 e. The monoisotopic (exact) mass is 323 g/mol. The first-order chi connectivity index (χ1) is 10.7. The lowest BCUT2D eigenvalue weighted by Crippen LogP contribution is -2.47. The minimum absolute atomic E-state index is 0.108. The van der Waals surface area contributed by atoms with Gasteiger partial charge < -0.3 is 0 Å². The summed E-state index contributed by atoms with van der Waals surface area (Å²) in [4.78, 5) is 4.41. The van der Waals surface area contributed by atoms with Gasteiger partial charge in [-0.2, -0.15) is 17.0 Å². The van der Waals surface area contributed by atoms with Crippen molar-refractivity contribution in [1.29, 1.82) is 0 Å². The van der Waals surface area contributed by atoms with Crippen LogP contribution in [-0.2, 0) is 10.2 Å². The maximum Gasteiger partial charge on any atom is 0.282 e. The van der Waals surface area contributed by atoms with Gasteiger partial charge in [0.2, 0.25) is 0 Å². The molecule has 0 amide bonds. The number of aromatic nitrogens is 1. The number of nitrogens with zero attached hydrogens (tertiary/aromatic N) is 3. The van der Waals surface area contributed by atoms with E-state index >= 15 is 0 Å². The third-order valence-electron chi connectivity index (χ3n) is 4.67. The van der Waals surface area contributed by atoms with Crippen molar-refractivity contribution in [3.05, 3.63) is 30.1 Å². The molecule has 2 saturated heterocycles. The molecule has 2 aliphatic rings. The van der Waals surface area contributed by atoms with Crippen LogP contribution in [0, 0.1) is 0 Å². The van der Waals surface area contributed by atoms with Crippen LogP contribution < -0.4 is 0 Å². The molecule has 0 bridgehead atoms. The second-order valence-corrected chi connectivity index (χ2v) is 8.08. The average Bonchev–Trinajstić information content (AvgIpc) is 2.85. The fourth-order valence-electron chi connectivity index (χ4n) is 3.47. The van der Waals surface area contributed by atoms with E-state index in [1.807, 2.05) is 18.2 Å². The standard InChI is InChI=1S/C16H25N3O2S/c20-22(21,18-12-6-1-2-7-13-18)19-14-8-4-10-16(19)15-9-3-5-11-17-15/h3,5,9,11,16H,1-2,4,6-8,10,12-14H2. The Morgan fingerprint density at radius 3 is 2.36 bits per heavy atom. The Bertz CT molecular complexity index is 568. The van der Waals surface area contributed by atoms with Crippen molar-refractivity contribution in [1.82, 2.24) is 13.6 Å². The van der Waals surface area contributed by atoms with Crippen molar-refractivity contribution in [3.63, 3.8) is 0 Å². The third-order valence-corrected chi connectivity index (χ3v) is 6.72. The second kappa shape index (κ2) is 7.06. The van der Waals surface area contributed by atoms with Gasteiger partial charge in [-0.3, -0.25) is 4.98 Å². The molecule has 1 atom stereocenters. The molecule has 22 heavy (non-hydrogen) atoms. The molecule has 0 saturated carbocycles. The summed E-state index contributed by atoms with van der Waals surface area (Å²) in [5.41, 5.74) is 0.876. The van der Waals surface area contributed by atoms with E-state index in [1.165, 1.54) is 0 Å². The van der Waals surface area contributed by atoms with Crippen LogP contribution in [0.4, 0.5) is 0 Å². The summed E-state index contributed by atoms with van der Waals surface area (Å²) in [7, 11) is -3.38. The van der Waals surface area contributed by atoms with Crippen LogP contribution in [0.1, 0.15) is 56.7 Å². The highest BCUT2D eigenvalue weighted by Gasteiger charge is 2.37. The molecule has 1 unspecified atom stereocenters. The topological polar surface area (TPSA) is 53.5 Å². The fraction of sp³-hybridized carbons (Fsp3) is 0.688. The minimum Gasteiger partial charge on any atom is -0.260 e. The predicted octanol–water partition coefficient (Wildman–Crippen LogP) is 2.73. The Kier molecular flexibility index (Phi) is 5.10. The van der Waals surface area contributed by atoms with Crippen molar-refractivity contribution in [2.75, 3.05) is 19.6 Å². The highest BCUT2D eigenvalue weighted by molar-refractivity contribution is 7.86. The molecule has 3 heterocycles. The van der Waals surface area contributed by atoms with Gasteiger partial charge in [0, 0.05) is 25.8 Å². The van der Waals surface area contributed by atoms with Gasteiger partial charge in [0.15, 0.2) is 0 Å². The fourth-order valence-corrected chi connectivity index (χ4v) is 5.38. The summed E-state index contributed by atoms with van der Waals surface area (Å²) >= 11 is 0. The van der Waals surface area contributed by atoms with Crippen LogP contribution >= 0.6 is 0 Å². The lowest BCUT2D eigenvalue weighted by atomic mass is 10.0. The first kappa shape index (κ1) is 15.9. The van der Waals surface area contributed by atoms with Crippen LogP contribution in [-0.4, -0.2) is 41.6 Å². The van der Waals surface area contributed by atoms with E-state index in [1.54, 1.807) is 14.8 Å². The Morgan fingerprint density at radius 2 is 1.68 bits per heavy atom. The molecule has 1 aromatic rings. The first-order valence-electron chi connectivity index (χ1n) is 8.37. The van der Waals surface area contributed by atoms with Crippen molar-refractivity contribution in [2.45, 2.75) is 51.0 Å². The maximum absolute atomic E-state index is 13.1. The molecule has 0 N–H and O–H groups in total. The average molecular weight is 323 g/mol. The van der Waals surface area contributed by atoms with Gasteiger partial charge in [0.25, 0.3) is 10.2 Å². The quantitative estimate of drug-likeness (QED) is 0.859. The van der Waals surface area contributed by atoms with Crippen LogP contribution in [0.5, 0.6) is 0 Å². The van der Waals surface area contributed by atoms with Gasteiger partial charge in [0.05, 0.1) is 11.7 Å². The molecular formula is C16H25N3O2S. The molecule has 0 spiro atoms. The number of hydrogen-bond donors (Lipinski definition) is 0. The van der Waals surface area contributed by atoms with Gasteiger partial charge >= 0.3 is 0 Å². The molecule has 1 aromatic heterocycles. The molecular weight excluding hydrogens is 298 g/mol. The summed E-state index contributed by atoms with van der Waals surface area (Å²) in [6, 6.07) is 5.65. The number of piperidine rings is 1. The SMILES string of the molecule is O=S(=O)(N1CCCCCC1)N1CCCCC1c1ccccn1. The largest absolute Gasteiger partial charge is 0.282 e. The lowest BCUT2D eigenvalue weighted by Gasteiger charge is -2.37. The van der Waals surface area contributed by atoms with Crippen molar-refractivity contribution >= 4 is 10.2 Å². The number of rotatable bonds is 3. The first-order valence-corrected chi connectivity index (χ1v) is 9.77. The van der Waals surface area contributed by atoms with E-state index in [9.17, 15) is 8.42 Å². The van der Waals surface area contributed by atoms with Crippen LogP contribution in [0.25, 0.3) is 0 Å². The molecule has 3 rings (SSSR count). The van der Waals surface area contributed by atoms with E-state index in [-0.39, 0.29) is 6.04 Å². The molecule has 5 nitrogen and oxygen atoms in total. The van der Waals surface area contributed by atoms with Gasteiger partial charge in [0.1, 0.15) is 0 Å². The second-order valence-electron chi connectivity index (χ2n) is 6.20. The molecule has 2 fully saturated rings. The molecule has 0 radical (unpaired) electrons. The van der Waals surface area contributed by atoms with E-state index in [2.05, 4.69) is 4.98 Å². The highest BCUT2D eigenvalue weighted by Crippen LogP contribution is 2.33. The Balaban J connectivity index is 1.86. The van der Waals surface area contributed by atoms with Gasteiger partial charge in [-0.15, -0.1) is 0 Å². The molecule has 0 aliphatic carbocycles. The Hall–Kier alpha value is -0.980. The van der Waals surface area contributed by atoms with Crippen LogP contribution in [0.3, 0.4) is 0 Å². The summed E-state index contributed by atoms with van der Waals surface area (Å²) in [5.74, 6) is 0. The Morgan fingerprint density at radius 1 is 0.955 bits per heavy atom. The number of hydrogen-bond acceptors (Lipinski definition) is 3. The number of pyridine rings is 1.